The van der Waals surface area contributed by atoms with Crippen LogP contribution < -0.4 is 5.32 Å². The fourth-order valence-electron chi connectivity index (χ4n) is 1.58. The van der Waals surface area contributed by atoms with Gasteiger partial charge in [0.15, 0.2) is 0 Å². The zero-order valence-electron chi connectivity index (χ0n) is 9.65. The van der Waals surface area contributed by atoms with Crippen molar-refractivity contribution in [1.29, 1.82) is 0 Å². The summed E-state index contributed by atoms with van der Waals surface area (Å²) >= 11 is 2.22. The van der Waals surface area contributed by atoms with Gasteiger partial charge in [-0.15, -0.1) is 0 Å². The van der Waals surface area contributed by atoms with Gasteiger partial charge in [0, 0.05) is 11.9 Å². The van der Waals surface area contributed by atoms with E-state index in [4.69, 9.17) is 0 Å². The molecule has 0 saturated carbocycles. The number of hydrogen-bond acceptors (Lipinski definition) is 3. The summed E-state index contributed by atoms with van der Waals surface area (Å²) < 4.78 is 1.02. The Labute approximate surface area is 115 Å². The molecule has 0 aliphatic rings. The molecule has 0 atom stereocenters. The number of nitrogens with one attached hydrogen (secondary N) is 1. The van der Waals surface area contributed by atoms with Crippen LogP contribution in [0, 0.1) is 3.57 Å². The number of nitrogens with zero attached hydrogens (tertiary/aromatic N) is 2. The van der Waals surface area contributed by atoms with Crippen molar-refractivity contribution in [2.75, 3.05) is 5.32 Å². The number of halogens is 1. The van der Waals surface area contributed by atoms with Crippen LogP contribution in [-0.2, 0) is 6.42 Å². The highest BCUT2D eigenvalue weighted by Crippen LogP contribution is 2.19. The minimum Gasteiger partial charge on any atom is -0.339 e. The normalized spacial score (nSPS) is 10.2. The lowest BCUT2D eigenvalue weighted by Crippen LogP contribution is -1.97. The average molecular weight is 339 g/mol. The number of rotatable bonds is 4. The van der Waals surface area contributed by atoms with E-state index in [2.05, 4.69) is 69.1 Å². The first kappa shape index (κ1) is 12.3. The van der Waals surface area contributed by atoms with Crippen LogP contribution in [0.3, 0.4) is 0 Å². The molecule has 0 aliphatic carbocycles. The van der Waals surface area contributed by atoms with Crippen LogP contribution in [0.1, 0.15) is 18.9 Å². The summed E-state index contributed by atoms with van der Waals surface area (Å²) in [6.45, 7) is 2.19. The maximum absolute atomic E-state index is 4.20. The lowest BCUT2D eigenvalue weighted by molar-refractivity contribution is 0.922. The molecule has 88 valence electrons. The molecule has 2 rings (SSSR count). The molecule has 1 aromatic heterocycles. The maximum Gasteiger partial charge on any atom is 0.147 e. The summed E-state index contributed by atoms with van der Waals surface area (Å²) in [4.78, 5) is 8.17. The van der Waals surface area contributed by atoms with E-state index in [9.17, 15) is 0 Å². The fraction of sp³-hybridized carbons (Fsp3) is 0.231. The highest BCUT2D eigenvalue weighted by atomic mass is 127. The van der Waals surface area contributed by atoms with E-state index >= 15 is 0 Å². The smallest absolute Gasteiger partial charge is 0.147 e. The standard InChI is InChI=1S/C13H14IN3/c1-2-3-10-4-6-11(7-5-10)17-13-12(14)8-15-9-16-13/h4-9H,2-3H2,1H3,(H,15,16,17). The van der Waals surface area contributed by atoms with Crippen LogP contribution in [0.4, 0.5) is 11.5 Å². The molecule has 0 amide bonds. The van der Waals surface area contributed by atoms with Crippen molar-refractivity contribution in [2.45, 2.75) is 19.8 Å². The molecule has 1 heterocycles. The van der Waals surface area contributed by atoms with Gasteiger partial charge < -0.3 is 5.32 Å². The Kier molecular flexibility index (Phi) is 4.30. The first-order chi connectivity index (χ1) is 8.29. The van der Waals surface area contributed by atoms with Gasteiger partial charge in [-0.2, -0.15) is 0 Å². The molecule has 0 saturated heterocycles. The molecule has 0 spiro atoms. The maximum atomic E-state index is 4.20. The minimum atomic E-state index is 0.851. The second-order valence-corrected chi connectivity index (χ2v) is 4.95. The third-order valence-electron chi connectivity index (χ3n) is 2.42. The van der Waals surface area contributed by atoms with Crippen molar-refractivity contribution >= 4 is 34.1 Å². The second kappa shape index (κ2) is 5.95. The van der Waals surface area contributed by atoms with E-state index in [1.807, 2.05) is 0 Å². The Bertz CT molecular complexity index is 482. The highest BCUT2D eigenvalue weighted by Gasteiger charge is 2.01. The lowest BCUT2D eigenvalue weighted by atomic mass is 10.1. The molecule has 1 aromatic carbocycles. The Morgan fingerprint density at radius 3 is 2.65 bits per heavy atom. The van der Waals surface area contributed by atoms with Crippen molar-refractivity contribution < 1.29 is 0 Å². The largest absolute Gasteiger partial charge is 0.339 e. The predicted molar refractivity (Wildman–Crippen MR) is 78.5 cm³/mol. The molecular formula is C13H14IN3. The SMILES string of the molecule is CCCc1ccc(Nc2ncncc2I)cc1. The highest BCUT2D eigenvalue weighted by molar-refractivity contribution is 14.1. The van der Waals surface area contributed by atoms with Gasteiger partial charge in [-0.3, -0.25) is 0 Å². The number of aromatic nitrogens is 2. The summed E-state index contributed by atoms with van der Waals surface area (Å²) in [6.07, 6.45) is 5.65. The fourth-order valence-corrected chi connectivity index (χ4v) is 2.02. The first-order valence-corrected chi connectivity index (χ1v) is 6.69. The van der Waals surface area contributed by atoms with Crippen molar-refractivity contribution in [3.05, 3.63) is 45.9 Å². The van der Waals surface area contributed by atoms with Crippen LogP contribution in [0.25, 0.3) is 0 Å². The van der Waals surface area contributed by atoms with Crippen molar-refractivity contribution in [1.82, 2.24) is 9.97 Å². The molecule has 4 heteroatoms. The zero-order chi connectivity index (χ0) is 12.1. The van der Waals surface area contributed by atoms with Gasteiger partial charge >= 0.3 is 0 Å². The molecular weight excluding hydrogens is 325 g/mol. The van der Waals surface area contributed by atoms with Crippen LogP contribution in [0.5, 0.6) is 0 Å². The Balaban J connectivity index is 2.11. The van der Waals surface area contributed by atoms with E-state index in [0.29, 0.717) is 0 Å². The lowest BCUT2D eigenvalue weighted by Gasteiger charge is -2.07. The molecule has 0 unspecified atom stereocenters. The zero-order valence-corrected chi connectivity index (χ0v) is 11.8. The molecule has 0 bridgehead atoms. The Morgan fingerprint density at radius 1 is 1.24 bits per heavy atom. The first-order valence-electron chi connectivity index (χ1n) is 5.61. The predicted octanol–water partition coefficient (Wildman–Crippen LogP) is 3.78. The molecule has 3 nitrogen and oxygen atoms in total. The van der Waals surface area contributed by atoms with Crippen LogP contribution in [0.2, 0.25) is 0 Å². The van der Waals surface area contributed by atoms with E-state index < -0.39 is 0 Å². The van der Waals surface area contributed by atoms with Crippen molar-refractivity contribution in [3.63, 3.8) is 0 Å². The van der Waals surface area contributed by atoms with Gasteiger partial charge in [-0.1, -0.05) is 25.5 Å². The van der Waals surface area contributed by atoms with Crippen molar-refractivity contribution in [2.24, 2.45) is 0 Å². The Morgan fingerprint density at radius 2 is 2.00 bits per heavy atom. The average Bonchev–Trinajstić information content (AvgIpc) is 2.35. The van der Waals surface area contributed by atoms with Crippen LogP contribution in [-0.4, -0.2) is 9.97 Å². The summed E-state index contributed by atoms with van der Waals surface area (Å²) in [5.74, 6) is 0.851. The van der Waals surface area contributed by atoms with E-state index in [1.165, 1.54) is 12.0 Å². The topological polar surface area (TPSA) is 37.8 Å². The molecule has 17 heavy (non-hydrogen) atoms. The number of hydrogen-bond donors (Lipinski definition) is 1. The number of benzene rings is 1. The molecule has 0 fully saturated rings. The van der Waals surface area contributed by atoms with Crippen molar-refractivity contribution in [3.8, 4) is 0 Å². The molecule has 2 aromatic rings. The second-order valence-electron chi connectivity index (χ2n) is 3.79. The molecule has 0 radical (unpaired) electrons. The summed E-state index contributed by atoms with van der Waals surface area (Å²) in [5.41, 5.74) is 2.43. The summed E-state index contributed by atoms with van der Waals surface area (Å²) in [7, 11) is 0. The van der Waals surface area contributed by atoms with E-state index in [0.717, 1.165) is 21.5 Å². The van der Waals surface area contributed by atoms with Gasteiger partial charge in [0.05, 0.1) is 3.57 Å². The Hall–Kier alpha value is -1.17. The van der Waals surface area contributed by atoms with Gasteiger partial charge in [-0.05, 0) is 46.7 Å². The van der Waals surface area contributed by atoms with Gasteiger partial charge in [0.1, 0.15) is 12.1 Å². The third-order valence-corrected chi connectivity index (χ3v) is 3.21. The molecule has 0 aliphatic heterocycles. The van der Waals surface area contributed by atoms with E-state index in [1.54, 1.807) is 12.5 Å². The summed E-state index contributed by atoms with van der Waals surface area (Å²) in [6, 6.07) is 8.48. The van der Waals surface area contributed by atoms with E-state index in [-0.39, 0.29) is 0 Å². The quantitative estimate of drug-likeness (QED) is 0.862. The van der Waals surface area contributed by atoms with Gasteiger partial charge in [0.2, 0.25) is 0 Å². The minimum absolute atomic E-state index is 0.851. The number of anilines is 2. The van der Waals surface area contributed by atoms with Crippen LogP contribution in [0.15, 0.2) is 36.8 Å². The summed E-state index contributed by atoms with van der Waals surface area (Å²) in [5, 5.41) is 3.28. The van der Waals surface area contributed by atoms with Gasteiger partial charge in [-0.25, -0.2) is 9.97 Å². The molecule has 1 N–H and O–H groups in total. The van der Waals surface area contributed by atoms with Gasteiger partial charge in [0.25, 0.3) is 0 Å². The monoisotopic (exact) mass is 339 g/mol. The number of aryl methyl sites for hydroxylation is 1. The third kappa shape index (κ3) is 3.39. The van der Waals surface area contributed by atoms with Crippen LogP contribution >= 0.6 is 22.6 Å².